The molecule has 0 unspecified atom stereocenters. The second-order valence-corrected chi connectivity index (χ2v) is 4.17. The number of aliphatic hydroxyl groups is 1. The van der Waals surface area contributed by atoms with Crippen LogP contribution in [0.5, 0.6) is 0 Å². The number of aliphatic hydroxyl groups excluding tert-OH is 1. The van der Waals surface area contributed by atoms with Gasteiger partial charge in [-0.05, 0) is 32.9 Å². The standard InChI is InChI=1S/C15H18N2O4/c1-4-21-15(20)17-14(19)13(11(3)18)10(2)16-12-8-6-5-7-9-12/h5-9,18H,4H2,1-3H3,(H,17,19,20)/b13-11+,16-10?. The molecule has 6 nitrogen and oxygen atoms in total. The van der Waals surface area contributed by atoms with Gasteiger partial charge in [-0.1, -0.05) is 18.2 Å². The smallest absolute Gasteiger partial charge is 0.414 e. The highest BCUT2D eigenvalue weighted by Crippen LogP contribution is 2.14. The number of nitrogens with zero attached hydrogens (tertiary/aromatic N) is 1. The highest BCUT2D eigenvalue weighted by atomic mass is 16.5. The Morgan fingerprint density at radius 3 is 2.38 bits per heavy atom. The molecule has 0 atom stereocenters. The Morgan fingerprint density at radius 1 is 1.24 bits per heavy atom. The minimum atomic E-state index is -0.867. The van der Waals surface area contributed by atoms with E-state index in [4.69, 9.17) is 0 Å². The number of benzene rings is 1. The van der Waals surface area contributed by atoms with E-state index in [2.05, 4.69) is 9.73 Å². The number of carbonyl (C=O) groups excluding carboxylic acids is 2. The van der Waals surface area contributed by atoms with Crippen LogP contribution in [0.1, 0.15) is 20.8 Å². The number of para-hydroxylation sites is 1. The minimum Gasteiger partial charge on any atom is -0.512 e. The Kier molecular flexibility index (Phi) is 6.13. The molecule has 0 aliphatic rings. The molecule has 0 spiro atoms. The van der Waals surface area contributed by atoms with Crippen LogP contribution < -0.4 is 5.32 Å². The Bertz CT molecular complexity index is 573. The maximum atomic E-state index is 12.0. The summed E-state index contributed by atoms with van der Waals surface area (Å²) < 4.78 is 4.63. The van der Waals surface area contributed by atoms with Crippen molar-refractivity contribution in [2.45, 2.75) is 20.8 Å². The summed E-state index contributed by atoms with van der Waals surface area (Å²) in [7, 11) is 0. The monoisotopic (exact) mass is 290 g/mol. The zero-order valence-electron chi connectivity index (χ0n) is 12.2. The molecule has 0 heterocycles. The van der Waals surface area contributed by atoms with Gasteiger partial charge in [0.05, 0.1) is 23.6 Å². The van der Waals surface area contributed by atoms with Crippen LogP contribution in [-0.4, -0.2) is 29.4 Å². The number of ether oxygens (including phenoxy) is 1. The van der Waals surface area contributed by atoms with E-state index in [1.807, 2.05) is 11.4 Å². The molecule has 1 aromatic rings. The van der Waals surface area contributed by atoms with Crippen LogP contribution in [0.4, 0.5) is 10.5 Å². The van der Waals surface area contributed by atoms with E-state index < -0.39 is 12.0 Å². The van der Waals surface area contributed by atoms with Gasteiger partial charge in [0, 0.05) is 0 Å². The maximum Gasteiger partial charge on any atom is 0.414 e. The zero-order chi connectivity index (χ0) is 15.8. The quantitative estimate of drug-likeness (QED) is 0.507. The number of rotatable bonds is 4. The SMILES string of the molecule is CCOC(=O)NC(=O)/C(C(C)=Nc1ccccc1)=C(\C)O. The van der Waals surface area contributed by atoms with Gasteiger partial charge in [0.1, 0.15) is 5.76 Å². The molecule has 0 bridgehead atoms. The third-order valence-corrected chi connectivity index (χ3v) is 2.49. The molecule has 0 aliphatic heterocycles. The molecule has 21 heavy (non-hydrogen) atoms. The largest absolute Gasteiger partial charge is 0.512 e. The molecule has 2 N–H and O–H groups in total. The predicted octanol–water partition coefficient (Wildman–Crippen LogP) is 2.88. The van der Waals surface area contributed by atoms with Crippen LogP contribution in [-0.2, 0) is 9.53 Å². The zero-order valence-corrected chi connectivity index (χ0v) is 12.2. The molecule has 0 aromatic heterocycles. The average Bonchev–Trinajstić information content (AvgIpc) is 2.39. The molecule has 0 saturated carbocycles. The van der Waals surface area contributed by atoms with Crippen molar-refractivity contribution in [3.8, 4) is 0 Å². The van der Waals surface area contributed by atoms with Crippen molar-refractivity contribution < 1.29 is 19.4 Å². The first-order valence-electron chi connectivity index (χ1n) is 6.44. The minimum absolute atomic E-state index is 0.0630. The van der Waals surface area contributed by atoms with Crippen molar-refractivity contribution in [2.24, 2.45) is 4.99 Å². The third-order valence-electron chi connectivity index (χ3n) is 2.49. The van der Waals surface area contributed by atoms with Gasteiger partial charge in [-0.3, -0.25) is 15.1 Å². The van der Waals surface area contributed by atoms with Crippen LogP contribution in [0, 0.1) is 0 Å². The fourth-order valence-electron chi connectivity index (χ4n) is 1.66. The number of amides is 2. The Hall–Kier alpha value is -2.63. The van der Waals surface area contributed by atoms with Crippen molar-refractivity contribution in [1.82, 2.24) is 5.32 Å². The molecule has 0 saturated heterocycles. The Balaban J connectivity index is 2.98. The first kappa shape index (κ1) is 16.4. The van der Waals surface area contributed by atoms with E-state index in [0.717, 1.165) is 0 Å². The van der Waals surface area contributed by atoms with Crippen LogP contribution in [0.15, 0.2) is 46.7 Å². The van der Waals surface area contributed by atoms with Gasteiger partial charge in [-0.15, -0.1) is 0 Å². The molecule has 0 fully saturated rings. The first-order chi connectivity index (χ1) is 9.95. The van der Waals surface area contributed by atoms with Crippen LogP contribution in [0.25, 0.3) is 0 Å². The molecule has 6 heteroatoms. The molecular weight excluding hydrogens is 272 g/mol. The number of carbonyl (C=O) groups is 2. The van der Waals surface area contributed by atoms with Gasteiger partial charge in [-0.2, -0.15) is 0 Å². The van der Waals surface area contributed by atoms with Gasteiger partial charge < -0.3 is 9.84 Å². The van der Waals surface area contributed by atoms with Crippen molar-refractivity contribution >= 4 is 23.4 Å². The molecule has 112 valence electrons. The molecular formula is C15H18N2O4. The molecule has 0 aliphatic carbocycles. The number of alkyl carbamates (subject to hydrolysis) is 1. The van der Waals surface area contributed by atoms with Crippen molar-refractivity contribution in [2.75, 3.05) is 6.61 Å². The van der Waals surface area contributed by atoms with Gasteiger partial charge in [0.15, 0.2) is 0 Å². The predicted molar refractivity (Wildman–Crippen MR) is 79.7 cm³/mol. The summed E-state index contributed by atoms with van der Waals surface area (Å²) in [5.41, 5.74) is 0.868. The molecule has 2 amide bonds. The number of hydrogen-bond donors (Lipinski definition) is 2. The van der Waals surface area contributed by atoms with E-state index in [1.54, 1.807) is 38.1 Å². The summed E-state index contributed by atoms with van der Waals surface area (Å²) in [5, 5.41) is 11.7. The van der Waals surface area contributed by atoms with E-state index in [9.17, 15) is 14.7 Å². The van der Waals surface area contributed by atoms with Crippen LogP contribution in [0.3, 0.4) is 0 Å². The summed E-state index contributed by atoms with van der Waals surface area (Å²) in [6.45, 7) is 4.70. The normalized spacial score (nSPS) is 12.4. The van der Waals surface area contributed by atoms with Gasteiger partial charge in [0.2, 0.25) is 0 Å². The average molecular weight is 290 g/mol. The van der Waals surface area contributed by atoms with Crippen molar-refractivity contribution in [3.05, 3.63) is 41.7 Å². The first-order valence-corrected chi connectivity index (χ1v) is 6.44. The molecule has 0 radical (unpaired) electrons. The van der Waals surface area contributed by atoms with Crippen molar-refractivity contribution in [3.63, 3.8) is 0 Å². The van der Waals surface area contributed by atoms with Crippen molar-refractivity contribution in [1.29, 1.82) is 0 Å². The van der Waals surface area contributed by atoms with Gasteiger partial charge in [0.25, 0.3) is 5.91 Å². The summed E-state index contributed by atoms with van der Waals surface area (Å²) in [6.07, 6.45) is -0.867. The second-order valence-electron chi connectivity index (χ2n) is 4.17. The fourth-order valence-corrected chi connectivity index (χ4v) is 1.66. The summed E-state index contributed by atoms with van der Waals surface area (Å²) in [5.74, 6) is -0.986. The van der Waals surface area contributed by atoms with Gasteiger partial charge >= 0.3 is 6.09 Å². The fraction of sp³-hybridized carbons (Fsp3) is 0.267. The molecule has 1 rings (SSSR count). The van der Waals surface area contributed by atoms with E-state index in [-0.39, 0.29) is 17.9 Å². The lowest BCUT2D eigenvalue weighted by molar-refractivity contribution is -0.116. The molecule has 1 aromatic carbocycles. The van der Waals surface area contributed by atoms with E-state index in [1.165, 1.54) is 6.92 Å². The lowest BCUT2D eigenvalue weighted by Gasteiger charge is -2.09. The number of nitrogens with one attached hydrogen (secondary N) is 1. The number of imide groups is 1. The number of allylic oxidation sites excluding steroid dienone is 1. The van der Waals surface area contributed by atoms with E-state index >= 15 is 0 Å². The number of aliphatic imine (C=N–C) groups is 1. The highest BCUT2D eigenvalue weighted by molar-refractivity contribution is 6.23. The van der Waals surface area contributed by atoms with Gasteiger partial charge in [-0.25, -0.2) is 4.79 Å². The topological polar surface area (TPSA) is 88.0 Å². The Morgan fingerprint density at radius 2 is 1.86 bits per heavy atom. The number of hydrogen-bond acceptors (Lipinski definition) is 5. The summed E-state index contributed by atoms with van der Waals surface area (Å²) in [4.78, 5) is 27.5. The Labute approximate surface area is 123 Å². The second kappa shape index (κ2) is 7.84. The summed E-state index contributed by atoms with van der Waals surface area (Å²) >= 11 is 0. The van der Waals surface area contributed by atoms with Crippen LogP contribution in [0.2, 0.25) is 0 Å². The maximum absolute atomic E-state index is 12.0. The lowest BCUT2D eigenvalue weighted by atomic mass is 10.1. The summed E-state index contributed by atoms with van der Waals surface area (Å²) in [6, 6.07) is 8.98. The lowest BCUT2D eigenvalue weighted by Crippen LogP contribution is -2.34. The van der Waals surface area contributed by atoms with Crippen LogP contribution >= 0.6 is 0 Å². The third kappa shape index (κ3) is 5.10. The highest BCUT2D eigenvalue weighted by Gasteiger charge is 2.19. The van der Waals surface area contributed by atoms with E-state index in [0.29, 0.717) is 11.4 Å².